The molecule has 0 aliphatic rings. The largest absolute Gasteiger partial charge is 0.493 e. The van der Waals surface area contributed by atoms with Gasteiger partial charge in [0.05, 0.1) is 19.3 Å². The Morgan fingerprint density at radius 3 is 2.56 bits per heavy atom. The van der Waals surface area contributed by atoms with Crippen molar-refractivity contribution >= 4 is 15.9 Å². The zero-order valence-electron chi connectivity index (χ0n) is 11.2. The molecule has 0 fully saturated rings. The molecule has 1 rings (SSSR count). The van der Waals surface area contributed by atoms with Crippen LogP contribution in [0.25, 0.3) is 0 Å². The molecule has 0 aromatic heterocycles. The molecule has 0 bridgehead atoms. The Morgan fingerprint density at radius 1 is 1.39 bits per heavy atom. The smallest absolute Gasteiger partial charge is 0.167 e. The lowest BCUT2D eigenvalue weighted by atomic mass is 10.1. The predicted molar refractivity (Wildman–Crippen MR) is 75.3 cm³/mol. The van der Waals surface area contributed by atoms with E-state index in [1.165, 1.54) is 0 Å². The van der Waals surface area contributed by atoms with Crippen molar-refractivity contribution in [3.05, 3.63) is 22.2 Å². The maximum absolute atomic E-state index is 10.1. The molecule has 0 aliphatic heterocycles. The summed E-state index contributed by atoms with van der Waals surface area (Å²) in [5, 5.41) is 13.1. The second-order valence-corrected chi connectivity index (χ2v) is 5.18. The summed E-state index contributed by atoms with van der Waals surface area (Å²) in [4.78, 5) is 0. The van der Waals surface area contributed by atoms with Gasteiger partial charge in [0.15, 0.2) is 11.5 Å². The highest BCUT2D eigenvalue weighted by Gasteiger charge is 2.19. The number of aliphatic hydroxyl groups excluding tert-OH is 1. The number of nitrogens with one attached hydrogen (secondary N) is 1. The van der Waals surface area contributed by atoms with Crippen molar-refractivity contribution in [1.29, 1.82) is 0 Å². The van der Waals surface area contributed by atoms with Crippen LogP contribution in [0.2, 0.25) is 0 Å². The maximum atomic E-state index is 10.1. The lowest BCUT2D eigenvalue weighted by Crippen LogP contribution is -2.18. The van der Waals surface area contributed by atoms with Crippen molar-refractivity contribution in [3.63, 3.8) is 0 Å². The number of benzene rings is 1. The van der Waals surface area contributed by atoms with E-state index in [4.69, 9.17) is 9.47 Å². The number of halogens is 1. The molecule has 1 unspecified atom stereocenters. The molecular formula is C13H20BrNO3. The zero-order valence-corrected chi connectivity index (χ0v) is 12.7. The first-order chi connectivity index (χ1) is 8.49. The Labute approximate surface area is 116 Å². The van der Waals surface area contributed by atoms with Crippen molar-refractivity contribution in [2.75, 3.05) is 20.7 Å². The van der Waals surface area contributed by atoms with E-state index < -0.39 is 6.10 Å². The summed E-state index contributed by atoms with van der Waals surface area (Å²) in [5.74, 6) is 1.21. The molecule has 0 radical (unpaired) electrons. The first-order valence-corrected chi connectivity index (χ1v) is 6.65. The van der Waals surface area contributed by atoms with E-state index in [0.29, 0.717) is 23.6 Å². The van der Waals surface area contributed by atoms with Crippen molar-refractivity contribution in [1.82, 2.24) is 5.32 Å². The average molecular weight is 318 g/mol. The SMILES string of the molecule is CNCC(O)c1cc(Br)cc(OC)c1OC(C)C. The molecule has 1 aromatic rings. The first-order valence-electron chi connectivity index (χ1n) is 5.86. The molecule has 0 saturated heterocycles. The molecular weight excluding hydrogens is 298 g/mol. The second-order valence-electron chi connectivity index (χ2n) is 4.27. The fourth-order valence-corrected chi connectivity index (χ4v) is 2.11. The zero-order chi connectivity index (χ0) is 13.7. The van der Waals surface area contributed by atoms with E-state index in [2.05, 4.69) is 21.2 Å². The molecule has 4 nitrogen and oxygen atoms in total. The van der Waals surface area contributed by atoms with E-state index in [9.17, 15) is 5.11 Å². The van der Waals surface area contributed by atoms with E-state index >= 15 is 0 Å². The van der Waals surface area contributed by atoms with Gasteiger partial charge in [-0.15, -0.1) is 0 Å². The number of ether oxygens (including phenoxy) is 2. The van der Waals surface area contributed by atoms with Crippen molar-refractivity contribution in [2.24, 2.45) is 0 Å². The highest BCUT2D eigenvalue weighted by atomic mass is 79.9. The fraction of sp³-hybridized carbons (Fsp3) is 0.538. The highest BCUT2D eigenvalue weighted by Crippen LogP contribution is 2.38. The van der Waals surface area contributed by atoms with Crippen LogP contribution in [0.1, 0.15) is 25.5 Å². The molecule has 0 aliphatic carbocycles. The Bertz CT molecular complexity index is 396. The van der Waals surface area contributed by atoms with Gasteiger partial charge in [0, 0.05) is 16.6 Å². The summed E-state index contributed by atoms with van der Waals surface area (Å²) in [6.45, 7) is 4.33. The Kier molecular flexibility index (Phi) is 5.91. The maximum Gasteiger partial charge on any atom is 0.167 e. The van der Waals surface area contributed by atoms with Crippen LogP contribution in [0.4, 0.5) is 0 Å². The van der Waals surface area contributed by atoms with Gasteiger partial charge in [0.2, 0.25) is 0 Å². The number of hydrogen-bond acceptors (Lipinski definition) is 4. The minimum Gasteiger partial charge on any atom is -0.493 e. The van der Waals surface area contributed by atoms with Gasteiger partial charge in [-0.3, -0.25) is 0 Å². The van der Waals surface area contributed by atoms with Crippen molar-refractivity contribution < 1.29 is 14.6 Å². The summed E-state index contributed by atoms with van der Waals surface area (Å²) in [5.41, 5.74) is 0.712. The van der Waals surface area contributed by atoms with Crippen LogP contribution in [0, 0.1) is 0 Å². The standard InChI is InChI=1S/C13H20BrNO3/c1-8(2)18-13-10(11(16)7-15-3)5-9(14)6-12(13)17-4/h5-6,8,11,15-16H,7H2,1-4H3. The predicted octanol–water partition coefficient (Wildman–Crippen LogP) is 2.50. The summed E-state index contributed by atoms with van der Waals surface area (Å²) < 4.78 is 11.9. The number of hydrogen-bond donors (Lipinski definition) is 2. The summed E-state index contributed by atoms with van der Waals surface area (Å²) in [7, 11) is 3.38. The Balaban J connectivity index is 3.22. The third-order valence-corrected chi connectivity index (χ3v) is 2.84. The summed E-state index contributed by atoms with van der Waals surface area (Å²) in [6, 6.07) is 3.68. The van der Waals surface area contributed by atoms with Crippen LogP contribution in [0.15, 0.2) is 16.6 Å². The molecule has 102 valence electrons. The fourth-order valence-electron chi connectivity index (χ4n) is 1.65. The second kappa shape index (κ2) is 6.97. The van der Waals surface area contributed by atoms with E-state index in [1.807, 2.05) is 26.0 Å². The van der Waals surface area contributed by atoms with Gasteiger partial charge >= 0.3 is 0 Å². The number of likely N-dealkylation sites (N-methyl/N-ethyl adjacent to an activating group) is 1. The van der Waals surface area contributed by atoms with Crippen LogP contribution in [0.5, 0.6) is 11.5 Å². The van der Waals surface area contributed by atoms with Crippen LogP contribution in [-0.2, 0) is 0 Å². The van der Waals surface area contributed by atoms with E-state index in [0.717, 1.165) is 4.47 Å². The van der Waals surface area contributed by atoms with Crippen LogP contribution >= 0.6 is 15.9 Å². The van der Waals surface area contributed by atoms with Gasteiger partial charge < -0.3 is 19.9 Å². The molecule has 1 aromatic carbocycles. The third kappa shape index (κ3) is 3.86. The lowest BCUT2D eigenvalue weighted by Gasteiger charge is -2.21. The third-order valence-electron chi connectivity index (χ3n) is 2.38. The number of rotatable bonds is 6. The van der Waals surface area contributed by atoms with Crippen LogP contribution < -0.4 is 14.8 Å². The van der Waals surface area contributed by atoms with Crippen molar-refractivity contribution in [3.8, 4) is 11.5 Å². The van der Waals surface area contributed by atoms with Gasteiger partial charge in [-0.25, -0.2) is 0 Å². The van der Waals surface area contributed by atoms with E-state index in [1.54, 1.807) is 14.2 Å². The normalized spacial score (nSPS) is 12.6. The highest BCUT2D eigenvalue weighted by molar-refractivity contribution is 9.10. The van der Waals surface area contributed by atoms with Crippen LogP contribution in [-0.4, -0.2) is 31.9 Å². The van der Waals surface area contributed by atoms with Gasteiger partial charge in [0.25, 0.3) is 0 Å². The number of methoxy groups -OCH3 is 1. The first kappa shape index (κ1) is 15.3. The topological polar surface area (TPSA) is 50.7 Å². The van der Waals surface area contributed by atoms with Crippen LogP contribution in [0.3, 0.4) is 0 Å². The Hall–Kier alpha value is -0.780. The molecule has 1 atom stereocenters. The molecule has 2 N–H and O–H groups in total. The minimum atomic E-state index is -0.643. The Morgan fingerprint density at radius 2 is 2.06 bits per heavy atom. The summed E-state index contributed by atoms with van der Waals surface area (Å²) in [6.07, 6.45) is -0.629. The summed E-state index contributed by atoms with van der Waals surface area (Å²) >= 11 is 3.41. The van der Waals surface area contributed by atoms with Gasteiger partial charge in [-0.05, 0) is 33.0 Å². The number of aliphatic hydroxyl groups is 1. The average Bonchev–Trinajstić information content (AvgIpc) is 2.30. The monoisotopic (exact) mass is 317 g/mol. The molecule has 0 saturated carbocycles. The molecule has 0 heterocycles. The van der Waals surface area contributed by atoms with Gasteiger partial charge in [-0.2, -0.15) is 0 Å². The lowest BCUT2D eigenvalue weighted by molar-refractivity contribution is 0.163. The quantitative estimate of drug-likeness (QED) is 0.846. The molecule has 0 spiro atoms. The minimum absolute atomic E-state index is 0.0145. The molecule has 5 heteroatoms. The molecule has 0 amide bonds. The van der Waals surface area contributed by atoms with E-state index in [-0.39, 0.29) is 6.10 Å². The van der Waals surface area contributed by atoms with Gasteiger partial charge in [0.1, 0.15) is 0 Å². The van der Waals surface area contributed by atoms with Gasteiger partial charge in [-0.1, -0.05) is 15.9 Å². The van der Waals surface area contributed by atoms with Crippen molar-refractivity contribution in [2.45, 2.75) is 26.1 Å². The molecule has 18 heavy (non-hydrogen) atoms.